The van der Waals surface area contributed by atoms with Crippen molar-refractivity contribution in [2.24, 2.45) is 0 Å². The van der Waals surface area contributed by atoms with E-state index in [2.05, 4.69) is 75.3 Å². The summed E-state index contributed by atoms with van der Waals surface area (Å²) in [5, 5.41) is 18.5. The number of methoxy groups -OCH3 is 6. The lowest BCUT2D eigenvalue weighted by molar-refractivity contribution is -0.142. The molecule has 16 heteroatoms. The molecular formula is C80H86F2O14. The Morgan fingerprint density at radius 1 is 0.375 bits per heavy atom. The van der Waals surface area contributed by atoms with E-state index in [9.17, 15) is 38.2 Å². The third kappa shape index (κ3) is 17.2. The van der Waals surface area contributed by atoms with Crippen molar-refractivity contribution in [3.63, 3.8) is 0 Å². The lowest BCUT2D eigenvalue weighted by atomic mass is 9.76. The molecule has 96 heavy (non-hydrogen) atoms. The van der Waals surface area contributed by atoms with Crippen molar-refractivity contribution < 1.29 is 76.1 Å². The van der Waals surface area contributed by atoms with Crippen LogP contribution in [0.15, 0.2) is 146 Å². The summed E-state index contributed by atoms with van der Waals surface area (Å²) >= 11 is 0. The molecular weight excluding hydrogens is 1220 g/mol. The summed E-state index contributed by atoms with van der Waals surface area (Å²) < 4.78 is 71.1. The second-order valence-corrected chi connectivity index (χ2v) is 26.7. The van der Waals surface area contributed by atoms with E-state index in [1.54, 1.807) is 62.8 Å². The van der Waals surface area contributed by atoms with Crippen LogP contribution in [0.4, 0.5) is 8.78 Å². The molecule has 0 unspecified atom stereocenters. The van der Waals surface area contributed by atoms with E-state index in [0.29, 0.717) is 61.5 Å². The molecule has 0 radical (unpaired) electrons. The maximum atomic E-state index is 14.7. The summed E-state index contributed by atoms with van der Waals surface area (Å²) in [5.41, 5.74) is 15.8. The lowest BCUT2D eigenvalue weighted by Gasteiger charge is -2.30. The number of carbonyl (C=O) groups excluding carboxylic acids is 4. The Hall–Kier alpha value is -9.70. The summed E-state index contributed by atoms with van der Waals surface area (Å²) in [6, 6.07) is 44.4. The van der Waals surface area contributed by atoms with Gasteiger partial charge in [0.15, 0.2) is 0 Å². The van der Waals surface area contributed by atoms with Crippen molar-refractivity contribution in [2.45, 2.75) is 141 Å². The van der Waals surface area contributed by atoms with Crippen molar-refractivity contribution in [2.75, 3.05) is 42.7 Å². The van der Waals surface area contributed by atoms with Crippen LogP contribution >= 0.6 is 0 Å². The minimum absolute atomic E-state index is 0.190. The van der Waals surface area contributed by atoms with Crippen molar-refractivity contribution in [1.82, 2.24) is 0 Å². The molecule has 0 spiro atoms. The van der Waals surface area contributed by atoms with Crippen LogP contribution in [0.3, 0.4) is 0 Å². The Balaban J connectivity index is 0.000000162. The number of phenolic OH excluding ortho intramolecular Hbond substituents is 2. The normalized spacial score (nSPS) is 15.7. The number of hydrogen-bond acceptors (Lipinski definition) is 14. The van der Waals surface area contributed by atoms with Gasteiger partial charge in [-0.25, -0.2) is 8.78 Å². The number of ether oxygens (including phenoxy) is 8. The van der Waals surface area contributed by atoms with Crippen molar-refractivity contribution >= 4 is 23.9 Å². The average molecular weight is 1310 g/mol. The maximum Gasteiger partial charge on any atom is 0.306 e. The van der Waals surface area contributed by atoms with Crippen LogP contribution in [-0.2, 0) is 87.9 Å². The van der Waals surface area contributed by atoms with Crippen LogP contribution in [0, 0.1) is 11.6 Å². The number of fused-ring (bicyclic) bond motifs is 4. The maximum absolute atomic E-state index is 14.7. The predicted octanol–water partition coefficient (Wildman–Crippen LogP) is 16.4. The highest BCUT2D eigenvalue weighted by Gasteiger charge is 2.33. The van der Waals surface area contributed by atoms with Gasteiger partial charge in [-0.15, -0.1) is 0 Å². The van der Waals surface area contributed by atoms with Gasteiger partial charge in [-0.1, -0.05) is 102 Å². The molecule has 4 aliphatic carbocycles. The first kappa shape index (κ1) is 70.6. The number of phenols is 2. The van der Waals surface area contributed by atoms with E-state index < -0.39 is 0 Å². The smallest absolute Gasteiger partial charge is 0.306 e. The summed E-state index contributed by atoms with van der Waals surface area (Å²) in [5.74, 6) is 2.82. The number of carbonyl (C=O) groups is 4. The van der Waals surface area contributed by atoms with Crippen LogP contribution < -0.4 is 18.9 Å². The van der Waals surface area contributed by atoms with Gasteiger partial charge in [0.25, 0.3) is 0 Å². The molecule has 2 N–H and O–H groups in total. The number of aromatic hydroxyl groups is 2. The summed E-state index contributed by atoms with van der Waals surface area (Å²) in [6.07, 6.45) is 5.20. The number of rotatable bonds is 18. The standard InChI is InChI=1S/2C29H31FO4.2C11H12O3/c2*1-29(2,3)26-12-18(6-10-23(26)25-15-21(32-4)9-11-27(25)30)17-34-22-8-7-19-13-20(24(19)16-22)14-28(31)33-5;2*1-14-11(13)5-8-4-7-2-3-9(12)6-10(7)8/h2*6-12,15-16,20H,13-14,17H2,1-5H3;2*2-3,6,8,12H,4-5H2,1H3/t2*20-;2*8-/m1010/s1. The number of esters is 4. The molecule has 0 saturated carbocycles. The molecule has 4 atom stereocenters. The molecule has 504 valence electrons. The number of benzene rings is 8. The molecule has 0 aromatic heterocycles. The molecule has 0 heterocycles. The summed E-state index contributed by atoms with van der Waals surface area (Å²) in [6.45, 7) is 13.5. The van der Waals surface area contributed by atoms with Crippen molar-refractivity contribution in [3.8, 4) is 56.8 Å². The monoisotopic (exact) mass is 1310 g/mol. The van der Waals surface area contributed by atoms with E-state index in [4.69, 9.17) is 28.4 Å². The fraction of sp³-hybridized carbons (Fsp3) is 0.350. The Morgan fingerprint density at radius 3 is 0.979 bits per heavy atom. The molecule has 12 rings (SSSR count). The Labute approximate surface area is 561 Å². The molecule has 8 aromatic rings. The van der Waals surface area contributed by atoms with Gasteiger partial charge in [0.2, 0.25) is 0 Å². The van der Waals surface area contributed by atoms with Crippen molar-refractivity contribution in [3.05, 3.63) is 224 Å². The first-order valence-corrected chi connectivity index (χ1v) is 32.2. The third-order valence-electron chi connectivity index (χ3n) is 18.2. The highest BCUT2D eigenvalue weighted by Crippen LogP contribution is 2.45. The minimum Gasteiger partial charge on any atom is -0.508 e. The van der Waals surface area contributed by atoms with Crippen LogP contribution in [0.1, 0.15) is 158 Å². The second-order valence-electron chi connectivity index (χ2n) is 26.7. The molecule has 14 nitrogen and oxygen atoms in total. The van der Waals surface area contributed by atoms with Gasteiger partial charge < -0.3 is 48.1 Å². The van der Waals surface area contributed by atoms with Gasteiger partial charge in [-0.05, 0) is 223 Å². The quantitative estimate of drug-likeness (QED) is 0.0611. The average Bonchev–Trinajstić information content (AvgIpc) is 0.831. The number of halogens is 2. The molecule has 0 amide bonds. The second kappa shape index (κ2) is 30.8. The Kier molecular flexibility index (Phi) is 22.7. The molecule has 0 fully saturated rings. The van der Waals surface area contributed by atoms with Gasteiger partial charge in [0.05, 0.1) is 68.3 Å². The number of hydrogen-bond donors (Lipinski definition) is 2. The van der Waals surface area contributed by atoms with E-state index in [1.807, 2.05) is 60.7 Å². The SMILES string of the molecule is COC(=O)C[C@@H]1Cc2ccc(O)cc21.COC(=O)C[C@@H]1Cc2ccc(OCc3ccc(-c4cc(OC)ccc4F)c(C(C)(C)C)c3)cc21.COC(=O)C[C@H]1Cc2ccc(O)cc21.COC(=O)C[C@H]1Cc2ccc(OCc3ccc(-c4cc(OC)ccc4F)c(C(C)(C)C)c3)cc21. The van der Waals surface area contributed by atoms with Crippen molar-refractivity contribution in [1.29, 1.82) is 0 Å². The van der Waals surface area contributed by atoms with Gasteiger partial charge in [0, 0.05) is 11.1 Å². The highest BCUT2D eigenvalue weighted by molar-refractivity contribution is 5.75. The molecule has 0 aliphatic heterocycles. The topological polar surface area (TPSA) is 183 Å². The van der Waals surface area contributed by atoms with Crippen LogP contribution in [0.5, 0.6) is 34.5 Å². The van der Waals surface area contributed by atoms with E-state index in [1.165, 1.54) is 62.8 Å². The highest BCUT2D eigenvalue weighted by atomic mass is 19.1. The Bertz CT molecular complexity index is 3880. The van der Waals surface area contributed by atoms with Gasteiger partial charge >= 0.3 is 23.9 Å². The Morgan fingerprint density at radius 2 is 0.677 bits per heavy atom. The van der Waals surface area contributed by atoms with Gasteiger partial charge in [-0.2, -0.15) is 0 Å². The zero-order chi connectivity index (χ0) is 69.2. The molecule has 8 aromatic carbocycles. The minimum atomic E-state index is -0.279. The third-order valence-corrected chi connectivity index (χ3v) is 18.2. The largest absolute Gasteiger partial charge is 0.508 e. The van der Waals surface area contributed by atoms with Gasteiger partial charge in [-0.3, -0.25) is 19.2 Å². The van der Waals surface area contributed by atoms with Crippen LogP contribution in [0.2, 0.25) is 0 Å². The fourth-order valence-corrected chi connectivity index (χ4v) is 12.7. The lowest BCUT2D eigenvalue weighted by Crippen LogP contribution is -2.21. The molecule has 0 bridgehead atoms. The zero-order valence-electron chi connectivity index (χ0n) is 56.8. The molecule has 0 saturated heterocycles. The molecule has 4 aliphatic rings. The first-order valence-electron chi connectivity index (χ1n) is 32.2. The van der Waals surface area contributed by atoms with E-state index in [-0.39, 0.29) is 81.5 Å². The van der Waals surface area contributed by atoms with E-state index in [0.717, 1.165) is 92.8 Å². The van der Waals surface area contributed by atoms with E-state index >= 15 is 0 Å². The first-order chi connectivity index (χ1) is 45.8. The predicted molar refractivity (Wildman–Crippen MR) is 364 cm³/mol. The summed E-state index contributed by atoms with van der Waals surface area (Å²) in [4.78, 5) is 45.3. The van der Waals surface area contributed by atoms with Crippen LogP contribution in [-0.4, -0.2) is 76.7 Å². The summed E-state index contributed by atoms with van der Waals surface area (Å²) in [7, 11) is 8.78. The van der Waals surface area contributed by atoms with Crippen LogP contribution in [0.25, 0.3) is 22.3 Å². The zero-order valence-corrected chi connectivity index (χ0v) is 56.8. The van der Waals surface area contributed by atoms with Gasteiger partial charge in [0.1, 0.15) is 59.3 Å². The fourth-order valence-electron chi connectivity index (χ4n) is 12.7.